The van der Waals surface area contributed by atoms with Crippen molar-refractivity contribution in [3.05, 3.63) is 123 Å². The van der Waals surface area contributed by atoms with Crippen molar-refractivity contribution in [1.82, 2.24) is 9.66 Å². The maximum absolute atomic E-state index is 13.3. The fourth-order valence-corrected chi connectivity index (χ4v) is 4.09. The van der Waals surface area contributed by atoms with Gasteiger partial charge in [0.2, 0.25) is 0 Å². The van der Waals surface area contributed by atoms with Crippen molar-refractivity contribution in [3.63, 3.8) is 0 Å². The summed E-state index contributed by atoms with van der Waals surface area (Å²) in [6, 6.07) is 25.9. The third kappa shape index (κ3) is 5.22. The first-order valence-electron chi connectivity index (χ1n) is 11.4. The molecule has 0 aliphatic rings. The number of para-hydroxylation sites is 1. The van der Waals surface area contributed by atoms with E-state index in [1.807, 2.05) is 36.4 Å². The molecule has 0 aliphatic carbocycles. The summed E-state index contributed by atoms with van der Waals surface area (Å²) in [4.78, 5) is 18.0. The van der Waals surface area contributed by atoms with Gasteiger partial charge >= 0.3 is 0 Å². The summed E-state index contributed by atoms with van der Waals surface area (Å²) in [5.41, 5.74) is 2.42. The molecule has 0 saturated carbocycles. The first kappa shape index (κ1) is 24.2. The molecule has 0 amide bonds. The molecule has 0 spiro atoms. The van der Waals surface area contributed by atoms with Gasteiger partial charge < -0.3 is 9.47 Å². The first-order chi connectivity index (χ1) is 18.0. The van der Waals surface area contributed by atoms with Gasteiger partial charge in [0, 0.05) is 5.56 Å². The molecular formula is C29H21ClFN3O3. The van der Waals surface area contributed by atoms with Crippen LogP contribution in [0.1, 0.15) is 11.1 Å². The minimum absolute atomic E-state index is 0.183. The highest BCUT2D eigenvalue weighted by atomic mass is 35.5. The molecule has 0 N–H and O–H groups in total. The lowest BCUT2D eigenvalue weighted by Crippen LogP contribution is -2.20. The molecule has 37 heavy (non-hydrogen) atoms. The van der Waals surface area contributed by atoms with Gasteiger partial charge in [-0.25, -0.2) is 9.37 Å². The minimum atomic E-state index is -0.320. The Labute approximate surface area is 217 Å². The van der Waals surface area contributed by atoms with E-state index in [1.165, 1.54) is 30.1 Å². The van der Waals surface area contributed by atoms with Crippen LogP contribution in [0.3, 0.4) is 0 Å². The average Bonchev–Trinajstić information content (AvgIpc) is 2.93. The van der Waals surface area contributed by atoms with Crippen molar-refractivity contribution in [2.45, 2.75) is 6.61 Å². The predicted molar refractivity (Wildman–Crippen MR) is 143 cm³/mol. The second-order valence-corrected chi connectivity index (χ2v) is 8.54. The zero-order valence-corrected chi connectivity index (χ0v) is 20.5. The number of aromatic nitrogens is 2. The first-order valence-corrected chi connectivity index (χ1v) is 11.8. The van der Waals surface area contributed by atoms with Gasteiger partial charge in [0.1, 0.15) is 12.4 Å². The summed E-state index contributed by atoms with van der Waals surface area (Å²) in [7, 11) is 1.50. The van der Waals surface area contributed by atoms with Gasteiger partial charge in [0.05, 0.1) is 29.2 Å². The second-order valence-electron chi connectivity index (χ2n) is 8.13. The second kappa shape index (κ2) is 10.6. The summed E-state index contributed by atoms with van der Waals surface area (Å²) < 4.78 is 25.8. The summed E-state index contributed by atoms with van der Waals surface area (Å²) in [5, 5.41) is 5.24. The number of methoxy groups -OCH3 is 1. The van der Waals surface area contributed by atoms with Crippen molar-refractivity contribution >= 4 is 28.7 Å². The molecule has 0 bridgehead atoms. The van der Waals surface area contributed by atoms with Crippen LogP contribution in [0.5, 0.6) is 11.5 Å². The van der Waals surface area contributed by atoms with Crippen LogP contribution in [0.4, 0.5) is 4.39 Å². The Morgan fingerprint density at radius 1 is 1.00 bits per heavy atom. The quantitative estimate of drug-likeness (QED) is 0.239. The molecule has 0 radical (unpaired) electrons. The Morgan fingerprint density at radius 2 is 1.73 bits per heavy atom. The molecule has 0 saturated heterocycles. The SMILES string of the molecule is COc1cc(C=Nn2c(-c3ccccc3)nc3ccccc3c2=O)cc(Cl)c1OCc1ccc(F)cc1. The van der Waals surface area contributed by atoms with E-state index in [1.54, 1.807) is 42.5 Å². The minimum Gasteiger partial charge on any atom is -0.493 e. The summed E-state index contributed by atoms with van der Waals surface area (Å²) in [6.45, 7) is 0.183. The third-order valence-electron chi connectivity index (χ3n) is 5.66. The van der Waals surface area contributed by atoms with E-state index < -0.39 is 0 Å². The zero-order valence-electron chi connectivity index (χ0n) is 19.8. The van der Waals surface area contributed by atoms with Crippen molar-refractivity contribution in [2.75, 3.05) is 7.11 Å². The normalized spacial score (nSPS) is 11.2. The van der Waals surface area contributed by atoms with Crippen LogP contribution in [0.15, 0.2) is 101 Å². The summed E-state index contributed by atoms with van der Waals surface area (Å²) in [6.07, 6.45) is 1.52. The number of ether oxygens (including phenoxy) is 2. The van der Waals surface area contributed by atoms with Crippen LogP contribution in [0.2, 0.25) is 5.02 Å². The van der Waals surface area contributed by atoms with Crippen LogP contribution in [0.25, 0.3) is 22.3 Å². The number of benzene rings is 4. The molecular weight excluding hydrogens is 493 g/mol. The predicted octanol–water partition coefficient (Wildman–Crippen LogP) is 6.33. The number of hydrogen-bond donors (Lipinski definition) is 0. The number of fused-ring (bicyclic) bond motifs is 1. The molecule has 8 heteroatoms. The van der Waals surface area contributed by atoms with Crippen LogP contribution < -0.4 is 15.0 Å². The maximum Gasteiger partial charge on any atom is 0.282 e. The number of rotatable bonds is 7. The average molecular weight is 514 g/mol. The van der Waals surface area contributed by atoms with E-state index in [4.69, 9.17) is 26.1 Å². The molecule has 1 aromatic heterocycles. The lowest BCUT2D eigenvalue weighted by molar-refractivity contribution is 0.284. The highest BCUT2D eigenvalue weighted by molar-refractivity contribution is 6.32. The lowest BCUT2D eigenvalue weighted by Gasteiger charge is -2.13. The van der Waals surface area contributed by atoms with Gasteiger partial charge in [0.15, 0.2) is 17.3 Å². The number of nitrogens with zero attached hydrogens (tertiary/aromatic N) is 3. The summed E-state index contributed by atoms with van der Waals surface area (Å²) in [5.74, 6) is 0.834. The molecule has 1 heterocycles. The smallest absolute Gasteiger partial charge is 0.282 e. The molecule has 0 unspecified atom stereocenters. The lowest BCUT2D eigenvalue weighted by atomic mass is 10.2. The molecule has 5 rings (SSSR count). The number of hydrogen-bond acceptors (Lipinski definition) is 5. The Bertz CT molecular complexity index is 1650. The van der Waals surface area contributed by atoms with E-state index in [9.17, 15) is 9.18 Å². The topological polar surface area (TPSA) is 65.7 Å². The Hall–Kier alpha value is -4.49. The van der Waals surface area contributed by atoms with Crippen molar-refractivity contribution in [1.29, 1.82) is 0 Å². The molecule has 0 fully saturated rings. The Morgan fingerprint density at radius 3 is 2.49 bits per heavy atom. The van der Waals surface area contributed by atoms with Crippen molar-refractivity contribution in [3.8, 4) is 22.9 Å². The van der Waals surface area contributed by atoms with Gasteiger partial charge in [-0.2, -0.15) is 9.78 Å². The molecule has 0 aliphatic heterocycles. The third-order valence-corrected chi connectivity index (χ3v) is 5.94. The molecule has 4 aromatic carbocycles. The highest BCUT2D eigenvalue weighted by Crippen LogP contribution is 2.36. The van der Waals surface area contributed by atoms with Gasteiger partial charge in [-0.15, -0.1) is 0 Å². The van der Waals surface area contributed by atoms with E-state index in [-0.39, 0.29) is 18.0 Å². The monoisotopic (exact) mass is 513 g/mol. The Kier molecular flexibility index (Phi) is 6.96. The van der Waals surface area contributed by atoms with E-state index in [0.29, 0.717) is 38.8 Å². The highest BCUT2D eigenvalue weighted by Gasteiger charge is 2.14. The van der Waals surface area contributed by atoms with Crippen LogP contribution in [-0.4, -0.2) is 23.0 Å². The standard InChI is InChI=1S/C29H21ClFN3O3/c1-36-26-16-20(15-24(30)27(26)37-18-19-11-13-22(31)14-12-19)17-32-34-28(21-7-3-2-4-8-21)33-25-10-6-5-9-23(25)29(34)35/h2-17H,18H2,1H3. The maximum atomic E-state index is 13.3. The van der Waals surface area contributed by atoms with Gasteiger partial charge in [-0.05, 0) is 47.5 Å². The van der Waals surface area contributed by atoms with Crippen molar-refractivity contribution in [2.24, 2.45) is 5.10 Å². The zero-order chi connectivity index (χ0) is 25.8. The van der Waals surface area contributed by atoms with Crippen molar-refractivity contribution < 1.29 is 13.9 Å². The largest absolute Gasteiger partial charge is 0.493 e. The van der Waals surface area contributed by atoms with Crippen LogP contribution in [0, 0.1) is 5.82 Å². The molecule has 184 valence electrons. The van der Waals surface area contributed by atoms with Crippen LogP contribution >= 0.6 is 11.6 Å². The number of halogens is 2. The molecule has 6 nitrogen and oxygen atoms in total. The fourth-order valence-electron chi connectivity index (χ4n) is 3.82. The Balaban J connectivity index is 1.51. The molecule has 5 aromatic rings. The van der Waals surface area contributed by atoms with Crippen LogP contribution in [-0.2, 0) is 6.61 Å². The summed E-state index contributed by atoms with van der Waals surface area (Å²) >= 11 is 6.52. The van der Waals surface area contributed by atoms with E-state index in [0.717, 1.165) is 11.1 Å². The fraction of sp³-hybridized carbons (Fsp3) is 0.0690. The molecule has 0 atom stereocenters. The van der Waals surface area contributed by atoms with Gasteiger partial charge in [0.25, 0.3) is 5.56 Å². The van der Waals surface area contributed by atoms with E-state index >= 15 is 0 Å². The van der Waals surface area contributed by atoms with E-state index in [2.05, 4.69) is 5.10 Å². The van der Waals surface area contributed by atoms with Gasteiger partial charge in [-0.3, -0.25) is 4.79 Å². The van der Waals surface area contributed by atoms with Gasteiger partial charge in [-0.1, -0.05) is 66.2 Å².